The Morgan fingerprint density at radius 1 is 1.26 bits per heavy atom. The minimum absolute atomic E-state index is 0.127. The van der Waals surface area contributed by atoms with E-state index in [9.17, 15) is 9.90 Å². The Balaban J connectivity index is 1.21. The van der Waals surface area contributed by atoms with Gasteiger partial charge in [-0.3, -0.25) is 4.90 Å². The molecule has 3 aromatic heterocycles. The topological polar surface area (TPSA) is 91.6 Å². The summed E-state index contributed by atoms with van der Waals surface area (Å²) >= 11 is 6.01. The van der Waals surface area contributed by atoms with E-state index in [0.29, 0.717) is 23.3 Å². The van der Waals surface area contributed by atoms with Crippen LogP contribution in [0.3, 0.4) is 0 Å². The van der Waals surface area contributed by atoms with Crippen molar-refractivity contribution >= 4 is 28.6 Å². The van der Waals surface area contributed by atoms with Crippen molar-refractivity contribution in [1.82, 2.24) is 14.9 Å². The first-order valence-electron chi connectivity index (χ1n) is 11.4. The number of halogens is 1. The number of nitrogens with one attached hydrogen (secondary N) is 1. The lowest BCUT2D eigenvalue weighted by atomic mass is 9.88. The van der Waals surface area contributed by atoms with Crippen molar-refractivity contribution < 1.29 is 19.1 Å². The van der Waals surface area contributed by atoms with Crippen LogP contribution in [0.5, 0.6) is 5.75 Å². The molecular formula is C26H26ClN3O4. The normalized spacial score (nSPS) is 15.1. The summed E-state index contributed by atoms with van der Waals surface area (Å²) in [5, 5.41) is 11.0. The molecule has 1 saturated heterocycles. The number of H-pyrrole nitrogens is 1. The highest BCUT2D eigenvalue weighted by Gasteiger charge is 2.24. The SMILES string of the molecule is O=C(O)c1ccc(Cl)cc1OCCN1CCC(c2c[nH]c3nccc(Cc4ccoc4)c23)CC1. The van der Waals surface area contributed by atoms with Gasteiger partial charge in [0.05, 0.1) is 12.5 Å². The summed E-state index contributed by atoms with van der Waals surface area (Å²) in [6, 6.07) is 8.69. The zero-order valence-corrected chi connectivity index (χ0v) is 19.4. The minimum atomic E-state index is -1.02. The predicted octanol–water partition coefficient (Wildman–Crippen LogP) is 5.36. The van der Waals surface area contributed by atoms with Crippen molar-refractivity contribution in [1.29, 1.82) is 0 Å². The second-order valence-corrected chi connectivity index (χ2v) is 9.09. The average Bonchev–Trinajstić information content (AvgIpc) is 3.50. The van der Waals surface area contributed by atoms with Gasteiger partial charge in [-0.15, -0.1) is 0 Å². The molecule has 7 nitrogen and oxygen atoms in total. The Kier molecular flexibility index (Phi) is 6.56. The molecule has 0 bridgehead atoms. The summed E-state index contributed by atoms with van der Waals surface area (Å²) in [6.07, 6.45) is 10.4. The summed E-state index contributed by atoms with van der Waals surface area (Å²) in [4.78, 5) is 21.7. The number of hydrogen-bond acceptors (Lipinski definition) is 5. The summed E-state index contributed by atoms with van der Waals surface area (Å²) in [5.74, 6) is -0.246. The molecule has 1 aliphatic heterocycles. The van der Waals surface area contributed by atoms with Crippen LogP contribution in [0.2, 0.25) is 5.02 Å². The Morgan fingerprint density at radius 3 is 2.88 bits per heavy atom. The van der Waals surface area contributed by atoms with Gasteiger partial charge in [-0.2, -0.15) is 0 Å². The van der Waals surface area contributed by atoms with Gasteiger partial charge in [0.1, 0.15) is 23.6 Å². The van der Waals surface area contributed by atoms with Crippen molar-refractivity contribution in [3.05, 3.63) is 82.5 Å². The number of rotatable bonds is 8. The molecule has 4 aromatic rings. The molecule has 0 atom stereocenters. The molecular weight excluding hydrogens is 454 g/mol. The van der Waals surface area contributed by atoms with Gasteiger partial charge in [-0.25, -0.2) is 9.78 Å². The van der Waals surface area contributed by atoms with Gasteiger partial charge in [0, 0.05) is 35.8 Å². The molecule has 176 valence electrons. The van der Waals surface area contributed by atoms with Gasteiger partial charge in [0.15, 0.2) is 0 Å². The number of furan rings is 1. The molecule has 1 aromatic carbocycles. The predicted molar refractivity (Wildman–Crippen MR) is 130 cm³/mol. The number of carbonyl (C=O) groups is 1. The quantitative estimate of drug-likeness (QED) is 0.353. The smallest absolute Gasteiger partial charge is 0.339 e. The molecule has 1 aliphatic rings. The number of nitrogens with zero attached hydrogens (tertiary/aromatic N) is 2. The third kappa shape index (κ3) is 4.81. The van der Waals surface area contributed by atoms with E-state index < -0.39 is 5.97 Å². The van der Waals surface area contributed by atoms with Crippen LogP contribution in [-0.2, 0) is 6.42 Å². The van der Waals surface area contributed by atoms with Crippen LogP contribution >= 0.6 is 11.6 Å². The summed E-state index contributed by atoms with van der Waals surface area (Å²) in [5.41, 5.74) is 4.81. The Bertz CT molecular complexity index is 1280. The zero-order valence-electron chi connectivity index (χ0n) is 18.7. The van der Waals surface area contributed by atoms with Crippen molar-refractivity contribution in [2.24, 2.45) is 0 Å². The number of aromatic amines is 1. The van der Waals surface area contributed by atoms with Gasteiger partial charge in [0.25, 0.3) is 0 Å². The summed E-state index contributed by atoms with van der Waals surface area (Å²) in [6.45, 7) is 3.06. The number of fused-ring (bicyclic) bond motifs is 1. The first-order chi connectivity index (χ1) is 16.6. The Hall–Kier alpha value is -3.29. The van der Waals surface area contributed by atoms with Crippen molar-refractivity contribution in [2.45, 2.75) is 25.2 Å². The number of carboxylic acid groups (broad SMARTS) is 1. The number of pyridine rings is 1. The van der Waals surface area contributed by atoms with Gasteiger partial charge in [-0.05, 0) is 78.9 Å². The van der Waals surface area contributed by atoms with E-state index in [-0.39, 0.29) is 5.56 Å². The molecule has 4 heterocycles. The van der Waals surface area contributed by atoms with Crippen LogP contribution in [0.4, 0.5) is 0 Å². The fraction of sp³-hybridized carbons (Fsp3) is 0.308. The zero-order chi connectivity index (χ0) is 23.5. The number of piperidine rings is 1. The van der Waals surface area contributed by atoms with Gasteiger partial charge < -0.3 is 19.2 Å². The Morgan fingerprint density at radius 2 is 2.12 bits per heavy atom. The molecule has 1 fully saturated rings. The lowest BCUT2D eigenvalue weighted by Gasteiger charge is -2.32. The molecule has 0 unspecified atom stereocenters. The van der Waals surface area contributed by atoms with Gasteiger partial charge in [-0.1, -0.05) is 11.6 Å². The maximum atomic E-state index is 11.4. The lowest BCUT2D eigenvalue weighted by molar-refractivity contribution is 0.0691. The average molecular weight is 480 g/mol. The van der Waals surface area contributed by atoms with Gasteiger partial charge >= 0.3 is 5.97 Å². The molecule has 5 rings (SSSR count). The van der Waals surface area contributed by atoms with E-state index in [2.05, 4.69) is 27.1 Å². The van der Waals surface area contributed by atoms with Crippen LogP contribution < -0.4 is 4.74 Å². The molecule has 0 aliphatic carbocycles. The van der Waals surface area contributed by atoms with E-state index in [1.54, 1.807) is 24.7 Å². The van der Waals surface area contributed by atoms with Crippen molar-refractivity contribution in [3.63, 3.8) is 0 Å². The van der Waals surface area contributed by atoms with Crippen LogP contribution in [-0.4, -0.2) is 52.2 Å². The largest absolute Gasteiger partial charge is 0.491 e. The number of likely N-dealkylation sites (tertiary alicyclic amines) is 1. The molecule has 8 heteroatoms. The van der Waals surface area contributed by atoms with E-state index in [4.69, 9.17) is 20.8 Å². The number of benzene rings is 1. The highest BCUT2D eigenvalue weighted by Crippen LogP contribution is 2.35. The molecule has 0 spiro atoms. The summed E-state index contributed by atoms with van der Waals surface area (Å²) < 4.78 is 11.0. The highest BCUT2D eigenvalue weighted by atomic mass is 35.5. The van der Waals surface area contributed by atoms with Crippen LogP contribution in [0.1, 0.15) is 45.8 Å². The maximum Gasteiger partial charge on any atom is 0.339 e. The molecule has 0 amide bonds. The standard InChI is InChI=1S/C26H26ClN3O4/c27-20-1-2-21(26(31)32)23(14-20)34-12-10-30-8-4-18(5-9-30)22-15-29-25-24(22)19(3-7-28-25)13-17-6-11-33-16-17/h1-3,6-7,11,14-16,18H,4-5,8-10,12-13H2,(H,28,29)(H,31,32). The van der Waals surface area contributed by atoms with Crippen molar-refractivity contribution in [3.8, 4) is 5.75 Å². The first kappa shape index (κ1) is 22.5. The van der Waals surface area contributed by atoms with Crippen LogP contribution in [0.15, 0.2) is 59.7 Å². The first-order valence-corrected chi connectivity index (χ1v) is 11.8. The van der Waals surface area contributed by atoms with E-state index in [1.165, 1.54) is 22.6 Å². The monoisotopic (exact) mass is 479 g/mol. The number of carboxylic acids is 1. The fourth-order valence-electron chi connectivity index (χ4n) is 4.78. The maximum absolute atomic E-state index is 11.4. The number of hydrogen-bond donors (Lipinski definition) is 2. The number of aromatic nitrogens is 2. The molecule has 34 heavy (non-hydrogen) atoms. The highest BCUT2D eigenvalue weighted by molar-refractivity contribution is 6.30. The second-order valence-electron chi connectivity index (χ2n) is 8.66. The van der Waals surface area contributed by atoms with Crippen LogP contribution in [0.25, 0.3) is 11.0 Å². The lowest BCUT2D eigenvalue weighted by Crippen LogP contribution is -2.35. The third-order valence-electron chi connectivity index (χ3n) is 6.53. The van der Waals surface area contributed by atoms with E-state index in [1.807, 2.05) is 12.3 Å². The number of aromatic carboxylic acids is 1. The van der Waals surface area contributed by atoms with Crippen molar-refractivity contribution in [2.75, 3.05) is 26.2 Å². The second kappa shape index (κ2) is 9.91. The van der Waals surface area contributed by atoms with Gasteiger partial charge in [0.2, 0.25) is 0 Å². The minimum Gasteiger partial charge on any atom is -0.491 e. The molecule has 0 saturated carbocycles. The summed E-state index contributed by atoms with van der Waals surface area (Å²) in [7, 11) is 0. The Labute approximate surface area is 202 Å². The third-order valence-corrected chi connectivity index (χ3v) is 6.77. The molecule has 2 N–H and O–H groups in total. The number of ether oxygens (including phenoxy) is 1. The van der Waals surface area contributed by atoms with E-state index >= 15 is 0 Å². The van der Waals surface area contributed by atoms with E-state index in [0.717, 1.165) is 50.1 Å². The fourth-order valence-corrected chi connectivity index (χ4v) is 4.94. The van der Waals surface area contributed by atoms with Crippen LogP contribution in [0, 0.1) is 0 Å². The molecule has 0 radical (unpaired) electrons.